The van der Waals surface area contributed by atoms with Crippen molar-refractivity contribution < 1.29 is 9.53 Å². The zero-order valence-corrected chi connectivity index (χ0v) is 12.1. The summed E-state index contributed by atoms with van der Waals surface area (Å²) in [5.41, 5.74) is 7.79. The summed E-state index contributed by atoms with van der Waals surface area (Å²) in [6, 6.07) is 3.56. The average Bonchev–Trinajstić information content (AvgIpc) is 2.83. The van der Waals surface area contributed by atoms with Gasteiger partial charge in [-0.2, -0.15) is 0 Å². The van der Waals surface area contributed by atoms with Crippen LogP contribution in [0.1, 0.15) is 41.6 Å². The molecule has 2 rings (SSSR count). The van der Waals surface area contributed by atoms with Crippen LogP contribution < -0.4 is 5.73 Å². The van der Waals surface area contributed by atoms with Crippen molar-refractivity contribution in [2.24, 2.45) is 5.92 Å². The fourth-order valence-corrected chi connectivity index (χ4v) is 2.84. The predicted molar refractivity (Wildman–Crippen MR) is 75.5 cm³/mol. The molecule has 0 amide bonds. The molecule has 0 spiro atoms. The second kappa shape index (κ2) is 5.74. The Balaban J connectivity index is 2.04. The molecule has 0 radical (unpaired) electrons. The first-order chi connectivity index (χ1) is 8.58. The highest BCUT2D eigenvalue weighted by atomic mass is 79.9. The van der Waals surface area contributed by atoms with Gasteiger partial charge in [0.2, 0.25) is 0 Å². The number of ether oxygens (including phenoxy) is 1. The minimum absolute atomic E-state index is 0.271. The smallest absolute Gasteiger partial charge is 0.338 e. The van der Waals surface area contributed by atoms with E-state index in [9.17, 15) is 4.79 Å². The SMILES string of the molecule is Cc1c(N)cc(Br)cc1C(=O)OCC1CCCC1. The molecule has 0 aliphatic heterocycles. The summed E-state index contributed by atoms with van der Waals surface area (Å²) in [6.45, 7) is 2.37. The molecule has 1 aromatic carbocycles. The van der Waals surface area contributed by atoms with Crippen molar-refractivity contribution in [1.82, 2.24) is 0 Å². The molecule has 3 nitrogen and oxygen atoms in total. The van der Waals surface area contributed by atoms with Gasteiger partial charge in [-0.25, -0.2) is 4.79 Å². The molecule has 0 unspecified atom stereocenters. The number of nitrogen functional groups attached to an aromatic ring is 1. The van der Waals surface area contributed by atoms with Gasteiger partial charge in [0, 0.05) is 10.2 Å². The second-order valence-corrected chi connectivity index (χ2v) is 5.83. The van der Waals surface area contributed by atoms with E-state index in [2.05, 4.69) is 15.9 Å². The van der Waals surface area contributed by atoms with Gasteiger partial charge < -0.3 is 10.5 Å². The Kier molecular flexibility index (Phi) is 4.27. The van der Waals surface area contributed by atoms with Gasteiger partial charge in [-0.05, 0) is 43.4 Å². The molecule has 2 N–H and O–H groups in total. The maximum atomic E-state index is 12.0. The lowest BCUT2D eigenvalue weighted by Crippen LogP contribution is -2.13. The number of halogens is 1. The first-order valence-corrected chi connectivity index (χ1v) is 7.10. The van der Waals surface area contributed by atoms with Gasteiger partial charge >= 0.3 is 5.97 Å². The molecule has 1 fully saturated rings. The number of esters is 1. The third-order valence-corrected chi connectivity index (χ3v) is 4.02. The number of hydrogen-bond donors (Lipinski definition) is 1. The zero-order valence-electron chi connectivity index (χ0n) is 10.5. The number of benzene rings is 1. The highest BCUT2D eigenvalue weighted by molar-refractivity contribution is 9.10. The monoisotopic (exact) mass is 311 g/mol. The van der Waals surface area contributed by atoms with Crippen molar-refractivity contribution in [1.29, 1.82) is 0 Å². The van der Waals surface area contributed by atoms with Gasteiger partial charge in [-0.15, -0.1) is 0 Å². The molecular weight excluding hydrogens is 294 g/mol. The molecule has 1 aliphatic carbocycles. The van der Waals surface area contributed by atoms with E-state index < -0.39 is 0 Å². The van der Waals surface area contributed by atoms with E-state index in [1.165, 1.54) is 25.7 Å². The first-order valence-electron chi connectivity index (χ1n) is 6.30. The van der Waals surface area contributed by atoms with Gasteiger partial charge in [0.25, 0.3) is 0 Å². The fraction of sp³-hybridized carbons (Fsp3) is 0.500. The third kappa shape index (κ3) is 3.05. The van der Waals surface area contributed by atoms with Crippen LogP contribution in [0.15, 0.2) is 16.6 Å². The molecule has 0 bridgehead atoms. The molecular formula is C14H18BrNO2. The zero-order chi connectivity index (χ0) is 13.1. The normalized spacial score (nSPS) is 15.9. The van der Waals surface area contributed by atoms with Crippen LogP contribution in [-0.4, -0.2) is 12.6 Å². The van der Waals surface area contributed by atoms with Gasteiger partial charge in [0.05, 0.1) is 12.2 Å². The van der Waals surface area contributed by atoms with Gasteiger partial charge in [-0.1, -0.05) is 28.8 Å². The van der Waals surface area contributed by atoms with Crippen LogP contribution in [0, 0.1) is 12.8 Å². The van der Waals surface area contributed by atoms with E-state index in [-0.39, 0.29) is 5.97 Å². The van der Waals surface area contributed by atoms with Crippen molar-refractivity contribution in [2.75, 3.05) is 12.3 Å². The van der Waals surface area contributed by atoms with Gasteiger partial charge in [-0.3, -0.25) is 0 Å². The Bertz CT molecular complexity index is 453. The van der Waals surface area contributed by atoms with Crippen molar-refractivity contribution in [3.63, 3.8) is 0 Å². The Labute approximate surface area is 116 Å². The summed E-state index contributed by atoms with van der Waals surface area (Å²) in [7, 11) is 0. The minimum atomic E-state index is -0.271. The molecule has 4 heteroatoms. The van der Waals surface area contributed by atoms with Crippen LogP contribution in [0.25, 0.3) is 0 Å². The minimum Gasteiger partial charge on any atom is -0.462 e. The quantitative estimate of drug-likeness (QED) is 0.684. The molecule has 1 aromatic rings. The molecule has 0 atom stereocenters. The van der Waals surface area contributed by atoms with Crippen molar-refractivity contribution in [3.8, 4) is 0 Å². The lowest BCUT2D eigenvalue weighted by molar-refractivity contribution is 0.0441. The van der Waals surface area contributed by atoms with E-state index in [1.807, 2.05) is 6.92 Å². The van der Waals surface area contributed by atoms with E-state index in [0.29, 0.717) is 23.8 Å². The number of nitrogens with two attached hydrogens (primary N) is 1. The van der Waals surface area contributed by atoms with Crippen molar-refractivity contribution >= 4 is 27.6 Å². The highest BCUT2D eigenvalue weighted by Crippen LogP contribution is 2.26. The Morgan fingerprint density at radius 1 is 1.44 bits per heavy atom. The average molecular weight is 312 g/mol. The summed E-state index contributed by atoms with van der Waals surface area (Å²) >= 11 is 3.35. The van der Waals surface area contributed by atoms with Gasteiger partial charge in [0.15, 0.2) is 0 Å². The van der Waals surface area contributed by atoms with Crippen LogP contribution in [0.4, 0.5) is 5.69 Å². The van der Waals surface area contributed by atoms with Crippen LogP contribution in [0.5, 0.6) is 0 Å². The molecule has 0 aromatic heterocycles. The topological polar surface area (TPSA) is 52.3 Å². The maximum absolute atomic E-state index is 12.0. The second-order valence-electron chi connectivity index (χ2n) is 4.92. The largest absolute Gasteiger partial charge is 0.462 e. The summed E-state index contributed by atoms with van der Waals surface area (Å²) in [6.07, 6.45) is 4.86. The standard InChI is InChI=1S/C14H18BrNO2/c1-9-12(6-11(15)7-13(9)16)14(17)18-8-10-4-2-3-5-10/h6-7,10H,2-5,8,16H2,1H3. The summed E-state index contributed by atoms with van der Waals surface area (Å²) in [5, 5.41) is 0. The lowest BCUT2D eigenvalue weighted by atomic mass is 10.1. The molecule has 0 saturated heterocycles. The Morgan fingerprint density at radius 2 is 2.11 bits per heavy atom. The van der Waals surface area contributed by atoms with E-state index in [4.69, 9.17) is 10.5 Å². The lowest BCUT2D eigenvalue weighted by Gasteiger charge is -2.12. The van der Waals surface area contributed by atoms with Crippen molar-refractivity contribution in [3.05, 3.63) is 27.7 Å². The van der Waals surface area contributed by atoms with E-state index in [1.54, 1.807) is 12.1 Å². The summed E-state index contributed by atoms with van der Waals surface area (Å²) < 4.78 is 6.19. The molecule has 1 aliphatic rings. The summed E-state index contributed by atoms with van der Waals surface area (Å²) in [4.78, 5) is 12.0. The number of carbonyl (C=O) groups is 1. The van der Waals surface area contributed by atoms with Crippen LogP contribution >= 0.6 is 15.9 Å². The number of carbonyl (C=O) groups excluding carboxylic acids is 1. The summed E-state index contributed by atoms with van der Waals surface area (Å²) in [5.74, 6) is 0.270. The van der Waals surface area contributed by atoms with E-state index >= 15 is 0 Å². The van der Waals surface area contributed by atoms with Crippen LogP contribution in [-0.2, 0) is 4.74 Å². The van der Waals surface area contributed by atoms with Crippen LogP contribution in [0.2, 0.25) is 0 Å². The fourth-order valence-electron chi connectivity index (χ4n) is 2.36. The number of rotatable bonds is 3. The van der Waals surface area contributed by atoms with Crippen molar-refractivity contribution in [2.45, 2.75) is 32.6 Å². The molecule has 0 heterocycles. The van der Waals surface area contributed by atoms with E-state index in [0.717, 1.165) is 10.0 Å². The predicted octanol–water partition coefficient (Wildman–Crippen LogP) is 3.69. The molecule has 98 valence electrons. The Hall–Kier alpha value is -1.03. The number of anilines is 1. The maximum Gasteiger partial charge on any atom is 0.338 e. The third-order valence-electron chi connectivity index (χ3n) is 3.56. The number of hydrogen-bond acceptors (Lipinski definition) is 3. The highest BCUT2D eigenvalue weighted by Gasteiger charge is 2.19. The molecule has 18 heavy (non-hydrogen) atoms. The molecule has 1 saturated carbocycles. The van der Waals surface area contributed by atoms with Crippen LogP contribution in [0.3, 0.4) is 0 Å². The Morgan fingerprint density at radius 3 is 2.78 bits per heavy atom. The van der Waals surface area contributed by atoms with Gasteiger partial charge in [0.1, 0.15) is 0 Å². The first kappa shape index (κ1) is 13.4.